The molecule has 0 atom stereocenters. The molecule has 0 unspecified atom stereocenters. The number of nitrogen functional groups attached to an aromatic ring is 1. The first-order valence-electron chi connectivity index (χ1n) is 5.03. The molecule has 3 N–H and O–H groups in total. The zero-order valence-corrected chi connectivity index (χ0v) is 10.7. The number of unbranched alkanes of at least 4 members (excludes halogenated alkanes) is 2. The van der Waals surface area contributed by atoms with Gasteiger partial charge in [-0.2, -0.15) is 0 Å². The van der Waals surface area contributed by atoms with E-state index < -0.39 is 0 Å². The molecule has 1 aromatic rings. The van der Waals surface area contributed by atoms with Crippen molar-refractivity contribution in [2.24, 2.45) is 0 Å². The molecule has 1 aromatic carbocycles. The third kappa shape index (κ3) is 3.74. The van der Waals surface area contributed by atoms with Crippen molar-refractivity contribution in [3.05, 3.63) is 21.8 Å². The van der Waals surface area contributed by atoms with Crippen LogP contribution in [0.3, 0.4) is 0 Å². The molecule has 3 heteroatoms. The van der Waals surface area contributed by atoms with Crippen LogP contribution in [0.2, 0.25) is 0 Å². The summed E-state index contributed by atoms with van der Waals surface area (Å²) in [7, 11) is 0. The van der Waals surface area contributed by atoms with Crippen molar-refractivity contribution < 1.29 is 0 Å². The number of nitrogens with one attached hydrogen (secondary N) is 1. The smallest absolute Gasteiger partial charge is 0.0477 e. The predicted molar refractivity (Wildman–Crippen MR) is 71.6 cm³/mol. The molecule has 1 rings (SSSR count). The van der Waals surface area contributed by atoms with Crippen LogP contribution < -0.4 is 11.1 Å². The van der Waals surface area contributed by atoms with Gasteiger partial charge in [-0.15, -0.1) is 0 Å². The van der Waals surface area contributed by atoms with E-state index in [4.69, 9.17) is 5.73 Å². The molecule has 0 spiro atoms. The highest BCUT2D eigenvalue weighted by Crippen LogP contribution is 2.20. The Bertz CT molecular complexity index is 287. The Kier molecular flexibility index (Phi) is 5.07. The molecule has 0 saturated carbocycles. The lowest BCUT2D eigenvalue weighted by atomic mass is 10.2. The second-order valence-corrected chi connectivity index (χ2v) is 4.54. The summed E-state index contributed by atoms with van der Waals surface area (Å²) in [5.41, 5.74) is 7.69. The van der Waals surface area contributed by atoms with E-state index in [0.717, 1.165) is 12.2 Å². The van der Waals surface area contributed by atoms with Gasteiger partial charge >= 0.3 is 0 Å². The number of anilines is 2. The predicted octanol–water partition coefficient (Wildman–Crippen LogP) is 3.48. The van der Waals surface area contributed by atoms with Crippen molar-refractivity contribution >= 4 is 34.0 Å². The third-order valence-electron chi connectivity index (χ3n) is 2.09. The monoisotopic (exact) mass is 304 g/mol. The van der Waals surface area contributed by atoms with Gasteiger partial charge in [-0.1, -0.05) is 19.8 Å². The van der Waals surface area contributed by atoms with E-state index in [0.29, 0.717) is 0 Å². The quantitative estimate of drug-likeness (QED) is 0.496. The van der Waals surface area contributed by atoms with Gasteiger partial charge in [0, 0.05) is 21.5 Å². The third-order valence-corrected chi connectivity index (χ3v) is 2.98. The SMILES string of the molecule is CCCCCNc1ccc(N)cc1I. The normalized spacial score (nSPS) is 10.1. The van der Waals surface area contributed by atoms with E-state index in [1.54, 1.807) is 0 Å². The van der Waals surface area contributed by atoms with E-state index in [-0.39, 0.29) is 0 Å². The molecule has 0 aliphatic carbocycles. The van der Waals surface area contributed by atoms with Crippen LogP contribution in [0.4, 0.5) is 11.4 Å². The van der Waals surface area contributed by atoms with Gasteiger partial charge in [-0.3, -0.25) is 0 Å². The average Bonchev–Trinajstić information content (AvgIpc) is 2.15. The fourth-order valence-electron chi connectivity index (χ4n) is 1.27. The van der Waals surface area contributed by atoms with E-state index >= 15 is 0 Å². The van der Waals surface area contributed by atoms with Crippen LogP contribution >= 0.6 is 22.6 Å². The number of hydrogen-bond acceptors (Lipinski definition) is 2. The Hall–Kier alpha value is -0.450. The zero-order valence-electron chi connectivity index (χ0n) is 8.52. The molecule has 0 saturated heterocycles. The summed E-state index contributed by atoms with van der Waals surface area (Å²) in [5.74, 6) is 0. The number of nitrogens with two attached hydrogens (primary N) is 1. The molecule has 2 nitrogen and oxygen atoms in total. The fraction of sp³-hybridized carbons (Fsp3) is 0.455. The second-order valence-electron chi connectivity index (χ2n) is 3.37. The highest BCUT2D eigenvalue weighted by Gasteiger charge is 1.98. The largest absolute Gasteiger partial charge is 0.399 e. The molecule has 0 aliphatic heterocycles. The van der Waals surface area contributed by atoms with Crippen LogP contribution in [0.15, 0.2) is 18.2 Å². The number of rotatable bonds is 5. The first kappa shape index (κ1) is 11.6. The highest BCUT2D eigenvalue weighted by atomic mass is 127. The lowest BCUT2D eigenvalue weighted by Crippen LogP contribution is -2.03. The molecule has 14 heavy (non-hydrogen) atoms. The van der Waals surface area contributed by atoms with Gasteiger partial charge in [0.1, 0.15) is 0 Å². The molecule has 0 fully saturated rings. The Morgan fingerprint density at radius 2 is 2.14 bits per heavy atom. The van der Waals surface area contributed by atoms with Gasteiger partial charge in [0.15, 0.2) is 0 Å². The minimum atomic E-state index is 0.827. The zero-order chi connectivity index (χ0) is 10.4. The molecular weight excluding hydrogens is 287 g/mol. The van der Waals surface area contributed by atoms with Crippen LogP contribution in [0.5, 0.6) is 0 Å². The van der Waals surface area contributed by atoms with Gasteiger partial charge in [-0.25, -0.2) is 0 Å². The van der Waals surface area contributed by atoms with Gasteiger partial charge in [0.2, 0.25) is 0 Å². The lowest BCUT2D eigenvalue weighted by Gasteiger charge is -2.08. The van der Waals surface area contributed by atoms with E-state index in [2.05, 4.69) is 34.8 Å². The minimum Gasteiger partial charge on any atom is -0.399 e. The van der Waals surface area contributed by atoms with Crippen molar-refractivity contribution in [1.29, 1.82) is 0 Å². The molecule has 0 radical (unpaired) electrons. The number of benzene rings is 1. The Labute approximate surface area is 99.4 Å². The first-order chi connectivity index (χ1) is 6.74. The van der Waals surface area contributed by atoms with Crippen molar-refractivity contribution in [2.75, 3.05) is 17.6 Å². The molecule has 0 amide bonds. The topological polar surface area (TPSA) is 38.0 Å². The molecule has 0 bridgehead atoms. The van der Waals surface area contributed by atoms with Crippen molar-refractivity contribution in [2.45, 2.75) is 26.2 Å². The fourth-order valence-corrected chi connectivity index (χ4v) is 2.00. The summed E-state index contributed by atoms with van der Waals surface area (Å²) in [4.78, 5) is 0. The molecule has 0 aromatic heterocycles. The van der Waals surface area contributed by atoms with Crippen LogP contribution in [0, 0.1) is 3.57 Å². The Balaban J connectivity index is 2.42. The molecule has 0 heterocycles. The molecule has 0 aliphatic rings. The Morgan fingerprint density at radius 3 is 2.79 bits per heavy atom. The summed E-state index contributed by atoms with van der Waals surface area (Å²) >= 11 is 2.30. The van der Waals surface area contributed by atoms with Gasteiger partial charge < -0.3 is 11.1 Å². The van der Waals surface area contributed by atoms with Crippen LogP contribution in [-0.4, -0.2) is 6.54 Å². The molecule has 78 valence electrons. The summed E-state index contributed by atoms with van der Waals surface area (Å²) < 4.78 is 1.19. The van der Waals surface area contributed by atoms with Gasteiger partial charge in [-0.05, 0) is 47.2 Å². The average molecular weight is 304 g/mol. The maximum absolute atomic E-state index is 5.67. The van der Waals surface area contributed by atoms with Crippen molar-refractivity contribution in [1.82, 2.24) is 0 Å². The number of halogens is 1. The van der Waals surface area contributed by atoms with Gasteiger partial charge in [0.25, 0.3) is 0 Å². The van der Waals surface area contributed by atoms with E-state index in [9.17, 15) is 0 Å². The van der Waals surface area contributed by atoms with Crippen molar-refractivity contribution in [3.63, 3.8) is 0 Å². The minimum absolute atomic E-state index is 0.827. The first-order valence-corrected chi connectivity index (χ1v) is 6.11. The lowest BCUT2D eigenvalue weighted by molar-refractivity contribution is 0.743. The highest BCUT2D eigenvalue weighted by molar-refractivity contribution is 14.1. The van der Waals surface area contributed by atoms with Crippen LogP contribution in [0.1, 0.15) is 26.2 Å². The van der Waals surface area contributed by atoms with Gasteiger partial charge in [0.05, 0.1) is 0 Å². The van der Waals surface area contributed by atoms with Crippen LogP contribution in [0.25, 0.3) is 0 Å². The van der Waals surface area contributed by atoms with E-state index in [1.807, 2.05) is 18.2 Å². The Morgan fingerprint density at radius 1 is 1.36 bits per heavy atom. The standard InChI is InChI=1S/C11H17IN2/c1-2-3-4-7-14-11-6-5-9(13)8-10(11)12/h5-6,8,14H,2-4,7,13H2,1H3. The second kappa shape index (κ2) is 6.11. The maximum Gasteiger partial charge on any atom is 0.0477 e. The summed E-state index contributed by atoms with van der Waals surface area (Å²) in [6.45, 7) is 3.26. The summed E-state index contributed by atoms with van der Waals surface area (Å²) in [5, 5.41) is 3.41. The molecular formula is C11H17IN2. The summed E-state index contributed by atoms with van der Waals surface area (Å²) in [6.07, 6.45) is 3.79. The summed E-state index contributed by atoms with van der Waals surface area (Å²) in [6, 6.07) is 5.97. The van der Waals surface area contributed by atoms with Crippen LogP contribution in [-0.2, 0) is 0 Å². The number of hydrogen-bond donors (Lipinski definition) is 2. The van der Waals surface area contributed by atoms with Crippen molar-refractivity contribution in [3.8, 4) is 0 Å². The maximum atomic E-state index is 5.67. The van der Waals surface area contributed by atoms with E-state index in [1.165, 1.54) is 28.5 Å².